The van der Waals surface area contributed by atoms with Gasteiger partial charge in [0, 0.05) is 26.2 Å². The van der Waals surface area contributed by atoms with Crippen LogP contribution in [0.3, 0.4) is 0 Å². The summed E-state index contributed by atoms with van der Waals surface area (Å²) >= 11 is 0. The smallest absolute Gasteiger partial charge is 0.0412 e. The summed E-state index contributed by atoms with van der Waals surface area (Å²) in [6.07, 6.45) is 8.80. The fourth-order valence-corrected chi connectivity index (χ4v) is 2.15. The van der Waals surface area contributed by atoms with Crippen molar-refractivity contribution in [2.24, 2.45) is 0 Å². The first-order valence-electron chi connectivity index (χ1n) is 5.24. The van der Waals surface area contributed by atoms with Gasteiger partial charge in [-0.2, -0.15) is 0 Å². The van der Waals surface area contributed by atoms with Gasteiger partial charge in [-0.25, -0.2) is 0 Å². The molecule has 0 spiro atoms. The first-order chi connectivity index (χ1) is 6.33. The van der Waals surface area contributed by atoms with E-state index in [-0.39, 0.29) is 5.54 Å². The summed E-state index contributed by atoms with van der Waals surface area (Å²) < 4.78 is 0. The van der Waals surface area contributed by atoms with Crippen LogP contribution in [0.25, 0.3) is 0 Å². The maximum Gasteiger partial charge on any atom is 0.0412 e. The highest BCUT2D eigenvalue weighted by Crippen LogP contribution is 2.25. The molecule has 0 bridgehead atoms. The van der Waals surface area contributed by atoms with Crippen molar-refractivity contribution in [2.75, 3.05) is 6.54 Å². The molecule has 1 aliphatic carbocycles. The SMILES string of the molecule is [CH]NCC1(N[CH])CCCCCCC1. The van der Waals surface area contributed by atoms with Crippen molar-refractivity contribution in [2.45, 2.75) is 50.5 Å². The van der Waals surface area contributed by atoms with Gasteiger partial charge in [-0.05, 0) is 12.8 Å². The van der Waals surface area contributed by atoms with Crippen LogP contribution in [0.2, 0.25) is 0 Å². The summed E-state index contributed by atoms with van der Waals surface area (Å²) in [7, 11) is 11.0. The molecule has 0 atom stereocenters. The molecule has 0 aliphatic heterocycles. The van der Waals surface area contributed by atoms with E-state index >= 15 is 0 Å². The zero-order valence-corrected chi connectivity index (χ0v) is 8.31. The molecule has 0 heterocycles. The van der Waals surface area contributed by atoms with Crippen LogP contribution in [0, 0.1) is 14.1 Å². The van der Waals surface area contributed by atoms with Crippen molar-refractivity contribution < 1.29 is 0 Å². The van der Waals surface area contributed by atoms with Gasteiger partial charge in [0.2, 0.25) is 0 Å². The second-order valence-electron chi connectivity index (χ2n) is 4.07. The molecule has 2 N–H and O–H groups in total. The van der Waals surface area contributed by atoms with Gasteiger partial charge in [0.1, 0.15) is 0 Å². The van der Waals surface area contributed by atoms with Gasteiger partial charge in [0.25, 0.3) is 0 Å². The van der Waals surface area contributed by atoms with Crippen molar-refractivity contribution in [3.8, 4) is 0 Å². The first-order valence-corrected chi connectivity index (χ1v) is 5.24. The third kappa shape index (κ3) is 3.28. The maximum atomic E-state index is 5.60. The Balaban J connectivity index is 2.47. The lowest BCUT2D eigenvalue weighted by molar-refractivity contribution is 0.271. The summed E-state index contributed by atoms with van der Waals surface area (Å²) in [4.78, 5) is 0. The van der Waals surface area contributed by atoms with Crippen LogP contribution < -0.4 is 10.6 Å². The van der Waals surface area contributed by atoms with Crippen LogP contribution in [0.5, 0.6) is 0 Å². The Bertz CT molecular complexity index is 126. The minimum atomic E-state index is 0.0369. The molecule has 1 rings (SSSR count). The van der Waals surface area contributed by atoms with Gasteiger partial charge in [-0.15, -0.1) is 0 Å². The lowest BCUT2D eigenvalue weighted by Crippen LogP contribution is -2.49. The molecule has 2 nitrogen and oxygen atoms in total. The third-order valence-electron chi connectivity index (χ3n) is 3.06. The van der Waals surface area contributed by atoms with E-state index in [4.69, 9.17) is 14.1 Å². The zero-order valence-electron chi connectivity index (χ0n) is 8.31. The Kier molecular flexibility index (Phi) is 4.74. The van der Waals surface area contributed by atoms with E-state index in [1.807, 2.05) is 0 Å². The molecular weight excluding hydrogens is 160 g/mol. The predicted molar refractivity (Wildman–Crippen MR) is 54.8 cm³/mol. The van der Waals surface area contributed by atoms with E-state index in [0.717, 1.165) is 19.4 Å². The molecule has 2 heteroatoms. The largest absolute Gasteiger partial charge is 0.309 e. The quantitative estimate of drug-likeness (QED) is 0.649. The van der Waals surface area contributed by atoms with E-state index in [0.29, 0.717) is 0 Å². The van der Waals surface area contributed by atoms with E-state index in [2.05, 4.69) is 10.6 Å². The molecule has 0 amide bonds. The molecule has 1 fully saturated rings. The maximum absolute atomic E-state index is 5.60. The summed E-state index contributed by atoms with van der Waals surface area (Å²) in [5, 5.41) is 5.68. The monoisotopic (exact) mass is 180 g/mol. The topological polar surface area (TPSA) is 24.1 Å². The van der Waals surface area contributed by atoms with E-state index < -0.39 is 0 Å². The molecule has 0 aromatic heterocycles. The van der Waals surface area contributed by atoms with Crippen molar-refractivity contribution in [3.05, 3.63) is 14.1 Å². The van der Waals surface area contributed by atoms with Gasteiger partial charge < -0.3 is 10.6 Å². The molecule has 0 saturated heterocycles. The highest BCUT2D eigenvalue weighted by atomic mass is 15.0. The Morgan fingerprint density at radius 1 is 0.923 bits per heavy atom. The van der Waals surface area contributed by atoms with E-state index in [9.17, 15) is 0 Å². The minimum Gasteiger partial charge on any atom is -0.309 e. The highest BCUT2D eigenvalue weighted by molar-refractivity contribution is 4.90. The molecule has 1 aliphatic rings. The summed E-state index contributed by atoms with van der Waals surface area (Å²) in [5.41, 5.74) is 0.0369. The number of nitrogens with one attached hydrogen (secondary N) is 2. The molecule has 4 radical (unpaired) electrons. The van der Waals surface area contributed by atoms with Crippen LogP contribution in [-0.4, -0.2) is 12.1 Å². The third-order valence-corrected chi connectivity index (χ3v) is 3.06. The molecule has 74 valence electrons. The van der Waals surface area contributed by atoms with Crippen molar-refractivity contribution in [1.82, 2.24) is 10.6 Å². The van der Waals surface area contributed by atoms with Gasteiger partial charge in [0.05, 0.1) is 0 Å². The normalized spacial score (nSPS) is 23.5. The standard InChI is InChI=1S/C11H20N2/c1-12-10-11(13-2)8-6-4-3-5-7-9-11/h1-2,12-13H,3-10H2. The van der Waals surface area contributed by atoms with Gasteiger partial charge >= 0.3 is 0 Å². The Morgan fingerprint density at radius 2 is 1.46 bits per heavy atom. The summed E-state index contributed by atoms with van der Waals surface area (Å²) in [6, 6.07) is 0. The lowest BCUT2D eigenvalue weighted by atomic mass is 9.84. The Morgan fingerprint density at radius 3 is 1.92 bits per heavy atom. The molecule has 13 heavy (non-hydrogen) atoms. The van der Waals surface area contributed by atoms with Crippen LogP contribution in [-0.2, 0) is 0 Å². The summed E-state index contributed by atoms with van der Waals surface area (Å²) in [6.45, 7) is 0.767. The number of rotatable bonds is 3. The fourth-order valence-electron chi connectivity index (χ4n) is 2.15. The van der Waals surface area contributed by atoms with Gasteiger partial charge in [-0.3, -0.25) is 0 Å². The molecule has 1 saturated carbocycles. The number of hydrogen-bond acceptors (Lipinski definition) is 2. The van der Waals surface area contributed by atoms with Gasteiger partial charge in [-0.1, -0.05) is 32.1 Å². The van der Waals surface area contributed by atoms with Crippen LogP contribution in [0.15, 0.2) is 0 Å². The molecule has 0 unspecified atom stereocenters. The average molecular weight is 180 g/mol. The van der Waals surface area contributed by atoms with E-state index in [1.54, 1.807) is 0 Å². The van der Waals surface area contributed by atoms with Gasteiger partial charge in [0.15, 0.2) is 0 Å². The Hall–Kier alpha value is -0.0800. The van der Waals surface area contributed by atoms with Crippen LogP contribution >= 0.6 is 0 Å². The minimum absolute atomic E-state index is 0.0369. The van der Waals surface area contributed by atoms with Crippen LogP contribution in [0.1, 0.15) is 44.9 Å². The van der Waals surface area contributed by atoms with Crippen LogP contribution in [0.4, 0.5) is 0 Å². The van der Waals surface area contributed by atoms with Crippen molar-refractivity contribution in [1.29, 1.82) is 0 Å². The van der Waals surface area contributed by atoms with Crippen molar-refractivity contribution in [3.63, 3.8) is 0 Å². The fraction of sp³-hybridized carbons (Fsp3) is 0.818. The zero-order chi connectivity index (χ0) is 9.57. The lowest BCUT2D eigenvalue weighted by Gasteiger charge is -2.35. The molecular formula is C11H20N2. The molecule has 0 aromatic rings. The predicted octanol–water partition coefficient (Wildman–Crippen LogP) is 1.99. The van der Waals surface area contributed by atoms with Crippen molar-refractivity contribution >= 4 is 0 Å². The van der Waals surface area contributed by atoms with E-state index in [1.165, 1.54) is 32.1 Å². The Labute approximate surface area is 82.5 Å². The average Bonchev–Trinajstić information content (AvgIpc) is 2.10. The first kappa shape index (κ1) is 11.0. The molecule has 0 aromatic carbocycles. The number of hydrogen-bond donors (Lipinski definition) is 2. The second kappa shape index (κ2) is 5.61. The highest BCUT2D eigenvalue weighted by Gasteiger charge is 2.27. The second-order valence-corrected chi connectivity index (χ2v) is 4.07. The summed E-state index contributed by atoms with van der Waals surface area (Å²) in [5.74, 6) is 0.